The van der Waals surface area contributed by atoms with Gasteiger partial charge in [-0.25, -0.2) is 0 Å². The quantitative estimate of drug-likeness (QED) is 0.236. The average Bonchev–Trinajstić information content (AvgIpc) is 3.61. The van der Waals surface area contributed by atoms with Crippen LogP contribution in [0, 0.1) is 5.92 Å². The molecule has 1 aromatic carbocycles. The van der Waals surface area contributed by atoms with E-state index in [9.17, 15) is 24.3 Å². The molecule has 5 aliphatic rings. The highest BCUT2D eigenvalue weighted by molar-refractivity contribution is 6.23. The van der Waals surface area contributed by atoms with Gasteiger partial charge in [0.05, 0.1) is 52.4 Å². The predicted molar refractivity (Wildman–Crippen MR) is 178 cm³/mol. The highest BCUT2D eigenvalue weighted by Crippen LogP contribution is 2.46. The van der Waals surface area contributed by atoms with E-state index in [1.165, 1.54) is 0 Å². The van der Waals surface area contributed by atoms with Crippen molar-refractivity contribution in [2.45, 2.75) is 94.4 Å². The van der Waals surface area contributed by atoms with Crippen molar-refractivity contribution >= 4 is 40.2 Å². The number of imide groups is 2. The minimum absolute atomic E-state index is 0.0905. The van der Waals surface area contributed by atoms with Gasteiger partial charge in [0, 0.05) is 47.9 Å². The summed E-state index contributed by atoms with van der Waals surface area (Å²) in [6.07, 6.45) is 13.7. The van der Waals surface area contributed by atoms with Gasteiger partial charge in [0.15, 0.2) is 0 Å². The van der Waals surface area contributed by atoms with Crippen LogP contribution in [0.5, 0.6) is 0 Å². The molecule has 1 unspecified atom stereocenters. The molecule has 4 aromatic rings. The predicted octanol–water partition coefficient (Wildman–Crippen LogP) is 4.11. The van der Waals surface area contributed by atoms with Crippen molar-refractivity contribution in [2.75, 3.05) is 11.9 Å². The van der Waals surface area contributed by atoms with Crippen molar-refractivity contribution in [3.63, 3.8) is 0 Å². The summed E-state index contributed by atoms with van der Waals surface area (Å²) >= 11 is 0. The normalized spacial score (nSPS) is 27.0. The van der Waals surface area contributed by atoms with Gasteiger partial charge in [0.2, 0.25) is 11.8 Å². The Balaban J connectivity index is 0.863. The summed E-state index contributed by atoms with van der Waals surface area (Å²) in [7, 11) is 0. The molecular weight excluding hydrogens is 624 g/mol. The fourth-order valence-corrected chi connectivity index (χ4v) is 8.06. The van der Waals surface area contributed by atoms with Crippen molar-refractivity contribution in [1.82, 2.24) is 34.8 Å². The lowest BCUT2D eigenvalue weighted by atomic mass is 9.80. The summed E-state index contributed by atoms with van der Waals surface area (Å²) in [5, 5.41) is 26.5. The van der Waals surface area contributed by atoms with Crippen LogP contribution in [0.3, 0.4) is 0 Å². The van der Waals surface area contributed by atoms with Crippen molar-refractivity contribution < 1.29 is 24.3 Å². The summed E-state index contributed by atoms with van der Waals surface area (Å²) in [6.45, 7) is 0.721. The van der Waals surface area contributed by atoms with E-state index in [0.717, 1.165) is 96.4 Å². The number of aliphatic hydroxyl groups excluding tert-OH is 1. The topological polar surface area (TPSA) is 164 Å². The van der Waals surface area contributed by atoms with E-state index in [1.807, 2.05) is 12.4 Å². The highest BCUT2D eigenvalue weighted by Gasteiger charge is 2.45. The molecule has 2 aliphatic heterocycles. The first kappa shape index (κ1) is 30.2. The van der Waals surface area contributed by atoms with E-state index in [2.05, 4.69) is 32.3 Å². The number of piperidine rings is 1. The number of nitrogens with zero attached hydrogens (tertiary/aromatic N) is 6. The Bertz CT molecular complexity index is 2020. The number of hydrogen-bond donors (Lipinski definition) is 3. The van der Waals surface area contributed by atoms with Gasteiger partial charge in [-0.15, -0.1) is 0 Å². The van der Waals surface area contributed by atoms with Crippen molar-refractivity contribution in [3.8, 4) is 11.3 Å². The van der Waals surface area contributed by atoms with Crippen molar-refractivity contribution in [1.29, 1.82) is 0 Å². The summed E-state index contributed by atoms with van der Waals surface area (Å²) in [6, 6.07) is 6.88. The fraction of sp³-hybridized carbons (Fsp3) is 0.472. The summed E-state index contributed by atoms with van der Waals surface area (Å²) in [5.74, 6) is -1.12. The Labute approximate surface area is 282 Å². The lowest BCUT2D eigenvalue weighted by Gasteiger charge is -2.35. The molecule has 1 atom stereocenters. The molecular formula is C36H38N8O5. The van der Waals surface area contributed by atoms with Crippen LogP contribution >= 0.6 is 0 Å². The molecule has 0 bridgehead atoms. The van der Waals surface area contributed by atoms with Gasteiger partial charge < -0.3 is 10.4 Å². The van der Waals surface area contributed by atoms with E-state index in [4.69, 9.17) is 15.2 Å². The fourth-order valence-electron chi connectivity index (χ4n) is 8.06. The molecule has 9 rings (SSSR count). The summed E-state index contributed by atoms with van der Waals surface area (Å²) in [4.78, 5) is 56.0. The van der Waals surface area contributed by atoms with Crippen molar-refractivity contribution in [3.05, 3.63) is 59.7 Å². The Morgan fingerprint density at radius 2 is 1.67 bits per heavy atom. The van der Waals surface area contributed by atoms with Gasteiger partial charge in [0.1, 0.15) is 6.04 Å². The van der Waals surface area contributed by atoms with E-state index in [-0.39, 0.29) is 36.1 Å². The number of hydrogen-bond acceptors (Lipinski definition) is 9. The standard InChI is InChI=1S/C36H38N8O5/c45-25-6-4-23(5-7-25)44-31-14-29(38-16-21(31)17-39-44)28-18-42(41-33(28)20-1-2-20)24-11-19(12-24)15-37-22-3-8-26-27(13-22)36(49)43(35(26)48)30-9-10-32(46)40-34(30)47/h3,8,13-14,16-20,23-25,30,37,45H,1-2,4-7,9-12,15H2,(H,40,46,47)/t19-,23-,24-,25+,30?. The maximum Gasteiger partial charge on any atom is 0.262 e. The molecule has 4 amide bonds. The first-order chi connectivity index (χ1) is 23.8. The molecule has 0 spiro atoms. The molecule has 3 N–H and O–H groups in total. The molecule has 1 saturated heterocycles. The van der Waals surface area contributed by atoms with E-state index in [0.29, 0.717) is 17.9 Å². The van der Waals surface area contributed by atoms with Crippen LogP contribution in [0.25, 0.3) is 22.2 Å². The minimum atomic E-state index is -0.976. The number of carbonyl (C=O) groups excluding carboxylic acids is 4. The van der Waals surface area contributed by atoms with E-state index in [1.54, 1.807) is 18.2 Å². The maximum absolute atomic E-state index is 13.2. The lowest BCUT2D eigenvalue weighted by Crippen LogP contribution is -2.54. The monoisotopic (exact) mass is 662 g/mol. The van der Waals surface area contributed by atoms with Crippen molar-refractivity contribution in [2.24, 2.45) is 5.92 Å². The second-order valence-electron chi connectivity index (χ2n) is 14.4. The minimum Gasteiger partial charge on any atom is -0.393 e. The van der Waals surface area contributed by atoms with Gasteiger partial charge in [-0.2, -0.15) is 10.2 Å². The second-order valence-corrected chi connectivity index (χ2v) is 14.4. The Kier molecular flexibility index (Phi) is 7.15. The zero-order valence-corrected chi connectivity index (χ0v) is 27.0. The second kappa shape index (κ2) is 11.6. The number of amides is 4. The van der Waals surface area contributed by atoms with Crippen LogP contribution in [-0.2, 0) is 9.59 Å². The molecule has 49 heavy (non-hydrogen) atoms. The van der Waals surface area contributed by atoms with Crippen LogP contribution in [0.15, 0.2) is 42.9 Å². The van der Waals surface area contributed by atoms with Crippen LogP contribution in [0.2, 0.25) is 0 Å². The Morgan fingerprint density at radius 1 is 0.878 bits per heavy atom. The molecule has 13 nitrogen and oxygen atoms in total. The first-order valence-corrected chi connectivity index (χ1v) is 17.5. The smallest absolute Gasteiger partial charge is 0.262 e. The number of carbonyl (C=O) groups is 4. The Morgan fingerprint density at radius 3 is 2.45 bits per heavy atom. The number of benzene rings is 1. The highest BCUT2D eigenvalue weighted by atomic mass is 16.3. The third-order valence-electron chi connectivity index (χ3n) is 11.1. The molecule has 3 aromatic heterocycles. The number of nitrogens with one attached hydrogen (secondary N) is 2. The number of aliphatic hydroxyl groups is 1. The van der Waals surface area contributed by atoms with E-state index >= 15 is 0 Å². The Hall–Kier alpha value is -4.91. The zero-order valence-electron chi connectivity index (χ0n) is 27.0. The van der Waals surface area contributed by atoms with Crippen LogP contribution in [-0.4, -0.2) is 76.9 Å². The number of anilines is 1. The van der Waals surface area contributed by atoms with Gasteiger partial charge in [-0.1, -0.05) is 0 Å². The third-order valence-corrected chi connectivity index (χ3v) is 11.1. The molecule has 0 radical (unpaired) electrons. The largest absolute Gasteiger partial charge is 0.393 e. The van der Waals surface area contributed by atoms with Gasteiger partial charge in [-0.3, -0.25) is 43.7 Å². The average molecular weight is 663 g/mol. The van der Waals surface area contributed by atoms with Crippen LogP contribution in [0.1, 0.15) is 109 Å². The van der Waals surface area contributed by atoms with Gasteiger partial charge in [-0.05, 0) is 88.0 Å². The summed E-state index contributed by atoms with van der Waals surface area (Å²) in [5.41, 5.74) is 5.53. The SMILES string of the molecule is O=C1CCC(N2C(=O)c3ccc(NC[C@H]4C[C@H](n5cc(-c6cc7c(cn6)cnn7[C@H]6CC[C@@H](O)CC6)c(C6CC6)n5)C4)cc3C2=O)C(=O)N1. The molecule has 252 valence electrons. The van der Waals surface area contributed by atoms with Crippen LogP contribution < -0.4 is 10.6 Å². The molecule has 3 aliphatic carbocycles. The molecule has 13 heteroatoms. The number of fused-ring (bicyclic) bond motifs is 2. The number of aromatic nitrogens is 5. The van der Waals surface area contributed by atoms with Gasteiger partial charge in [0.25, 0.3) is 11.8 Å². The van der Waals surface area contributed by atoms with E-state index < -0.39 is 29.7 Å². The molecule has 5 heterocycles. The molecule has 3 saturated carbocycles. The summed E-state index contributed by atoms with van der Waals surface area (Å²) < 4.78 is 4.26. The number of rotatable bonds is 8. The first-order valence-electron chi connectivity index (χ1n) is 17.5. The maximum atomic E-state index is 13.2. The molecule has 4 fully saturated rings. The van der Waals surface area contributed by atoms with Crippen LogP contribution in [0.4, 0.5) is 5.69 Å². The zero-order chi connectivity index (χ0) is 33.4. The van der Waals surface area contributed by atoms with Gasteiger partial charge >= 0.3 is 0 Å². The third kappa shape index (κ3) is 5.31. The number of pyridine rings is 1. The lowest BCUT2D eigenvalue weighted by molar-refractivity contribution is -0.136.